The molecule has 1 amide bonds. The van der Waals surface area contributed by atoms with Crippen molar-refractivity contribution < 1.29 is 24.2 Å². The molecule has 2 N–H and O–H groups in total. The van der Waals surface area contributed by atoms with Gasteiger partial charge in [0.25, 0.3) is 5.91 Å². The number of hydrogen-bond acceptors (Lipinski definition) is 4. The molecule has 0 heterocycles. The minimum atomic E-state index is -0.806. The van der Waals surface area contributed by atoms with Crippen molar-refractivity contribution in [1.29, 1.82) is 0 Å². The van der Waals surface area contributed by atoms with E-state index >= 15 is 0 Å². The van der Waals surface area contributed by atoms with Crippen molar-refractivity contribution in [3.05, 3.63) is 54.1 Å². The van der Waals surface area contributed by atoms with E-state index in [0.717, 1.165) is 16.5 Å². The molecule has 0 aliphatic rings. The summed E-state index contributed by atoms with van der Waals surface area (Å²) in [5, 5.41) is 13.7. The molecular formula is C23H29NO5. The highest BCUT2D eigenvalue weighted by molar-refractivity contribution is 5.94. The van der Waals surface area contributed by atoms with Crippen molar-refractivity contribution in [3.8, 4) is 5.75 Å². The zero-order chi connectivity index (χ0) is 21.1. The molecule has 0 saturated heterocycles. The Balaban J connectivity index is 2.06. The van der Waals surface area contributed by atoms with Crippen molar-refractivity contribution in [2.45, 2.75) is 38.6 Å². The standard InChI is InChI=1S/C23H29NO5/c1-17(15-28-2)24-23(27)19(10-4-3-5-14-22(25)26)16-29-21-13-8-11-18-9-6-7-12-20(18)21/h6-13,17H,3-5,14-16H2,1-2H3,(H,24,27)(H,25,26). The van der Waals surface area contributed by atoms with Crippen LogP contribution < -0.4 is 10.1 Å². The molecule has 0 spiro atoms. The summed E-state index contributed by atoms with van der Waals surface area (Å²) in [4.78, 5) is 23.3. The molecule has 29 heavy (non-hydrogen) atoms. The Bertz CT molecular complexity index is 841. The molecule has 6 nitrogen and oxygen atoms in total. The molecule has 0 aromatic heterocycles. The minimum absolute atomic E-state index is 0.125. The number of carbonyl (C=O) groups excluding carboxylic acids is 1. The van der Waals surface area contributed by atoms with Crippen LogP contribution in [0.25, 0.3) is 10.8 Å². The molecule has 0 radical (unpaired) electrons. The number of ether oxygens (including phenoxy) is 2. The third-order valence-electron chi connectivity index (χ3n) is 4.45. The lowest BCUT2D eigenvalue weighted by molar-refractivity contribution is -0.137. The summed E-state index contributed by atoms with van der Waals surface area (Å²) < 4.78 is 11.1. The lowest BCUT2D eigenvalue weighted by atomic mass is 10.1. The van der Waals surface area contributed by atoms with E-state index in [4.69, 9.17) is 14.6 Å². The van der Waals surface area contributed by atoms with E-state index in [2.05, 4.69) is 5.32 Å². The smallest absolute Gasteiger partial charge is 0.303 e. The quantitative estimate of drug-likeness (QED) is 0.417. The van der Waals surface area contributed by atoms with E-state index < -0.39 is 5.97 Å². The SMILES string of the molecule is COCC(C)NC(=O)C(=CCCCCC(=O)O)COc1cccc2ccccc12. The molecule has 0 saturated carbocycles. The van der Waals surface area contributed by atoms with Gasteiger partial charge in [-0.3, -0.25) is 9.59 Å². The van der Waals surface area contributed by atoms with Crippen LogP contribution in [0.4, 0.5) is 0 Å². The van der Waals surface area contributed by atoms with Crippen LogP contribution in [0.3, 0.4) is 0 Å². The molecule has 6 heteroatoms. The van der Waals surface area contributed by atoms with E-state index in [1.165, 1.54) is 0 Å². The molecule has 0 aliphatic heterocycles. The van der Waals surface area contributed by atoms with Gasteiger partial charge in [-0.15, -0.1) is 0 Å². The van der Waals surface area contributed by atoms with Crippen molar-refractivity contribution in [2.75, 3.05) is 20.3 Å². The number of unbranched alkanes of at least 4 members (excludes halogenated alkanes) is 2. The molecule has 2 aromatic rings. The Morgan fingerprint density at radius 2 is 1.90 bits per heavy atom. The maximum absolute atomic E-state index is 12.7. The van der Waals surface area contributed by atoms with Crippen LogP contribution in [0.1, 0.15) is 32.6 Å². The minimum Gasteiger partial charge on any atom is -0.488 e. The molecule has 1 atom stereocenters. The second kappa shape index (κ2) is 11.9. The van der Waals surface area contributed by atoms with Gasteiger partial charge in [0.05, 0.1) is 12.2 Å². The molecular weight excluding hydrogens is 370 g/mol. The van der Waals surface area contributed by atoms with Crippen LogP contribution in [0.5, 0.6) is 5.75 Å². The summed E-state index contributed by atoms with van der Waals surface area (Å²) in [5.41, 5.74) is 0.524. The van der Waals surface area contributed by atoms with Crippen molar-refractivity contribution >= 4 is 22.6 Å². The van der Waals surface area contributed by atoms with E-state index in [1.54, 1.807) is 7.11 Å². The predicted molar refractivity (Wildman–Crippen MR) is 113 cm³/mol. The number of carbonyl (C=O) groups is 2. The number of aliphatic carboxylic acids is 1. The highest BCUT2D eigenvalue weighted by atomic mass is 16.5. The maximum atomic E-state index is 12.7. The number of benzene rings is 2. The summed E-state index contributed by atoms with van der Waals surface area (Å²) in [6, 6.07) is 13.6. The van der Waals surface area contributed by atoms with Crippen LogP contribution in [-0.4, -0.2) is 43.3 Å². The monoisotopic (exact) mass is 399 g/mol. The van der Waals surface area contributed by atoms with E-state index in [9.17, 15) is 9.59 Å². The number of carboxylic acid groups (broad SMARTS) is 1. The Labute approximate surface area is 171 Å². The van der Waals surface area contributed by atoms with Gasteiger partial charge in [-0.2, -0.15) is 0 Å². The number of fused-ring (bicyclic) bond motifs is 1. The van der Waals surface area contributed by atoms with Gasteiger partial charge in [0.2, 0.25) is 0 Å². The normalized spacial score (nSPS) is 12.6. The molecule has 1 unspecified atom stereocenters. The van der Waals surface area contributed by atoms with Crippen molar-refractivity contribution in [2.24, 2.45) is 0 Å². The van der Waals surface area contributed by atoms with Gasteiger partial charge < -0.3 is 19.9 Å². The Morgan fingerprint density at radius 3 is 2.66 bits per heavy atom. The third-order valence-corrected chi connectivity index (χ3v) is 4.45. The summed E-state index contributed by atoms with van der Waals surface area (Å²) in [6.45, 7) is 2.43. The van der Waals surface area contributed by atoms with Gasteiger partial charge in [-0.25, -0.2) is 0 Å². The molecule has 0 fully saturated rings. The van der Waals surface area contributed by atoms with Crippen molar-refractivity contribution in [1.82, 2.24) is 5.32 Å². The molecule has 2 aromatic carbocycles. The number of allylic oxidation sites excluding steroid dienone is 1. The van der Waals surface area contributed by atoms with E-state index in [0.29, 0.717) is 31.4 Å². The molecule has 156 valence electrons. The Morgan fingerprint density at radius 1 is 1.14 bits per heavy atom. The fraction of sp³-hybridized carbons (Fsp3) is 0.391. The molecule has 0 bridgehead atoms. The van der Waals surface area contributed by atoms with Gasteiger partial charge in [-0.1, -0.05) is 42.5 Å². The first-order valence-electron chi connectivity index (χ1n) is 9.82. The largest absolute Gasteiger partial charge is 0.488 e. The molecule has 0 aliphatic carbocycles. The van der Waals surface area contributed by atoms with Gasteiger partial charge >= 0.3 is 5.97 Å². The van der Waals surface area contributed by atoms with Crippen LogP contribution in [0, 0.1) is 0 Å². The summed E-state index contributed by atoms with van der Waals surface area (Å²) in [7, 11) is 1.59. The topological polar surface area (TPSA) is 84.9 Å². The van der Waals surface area contributed by atoms with Crippen molar-refractivity contribution in [3.63, 3.8) is 0 Å². The summed E-state index contributed by atoms with van der Waals surface area (Å²) >= 11 is 0. The first kappa shape index (κ1) is 22.4. The second-order valence-electron chi connectivity index (χ2n) is 6.96. The number of amides is 1. The summed E-state index contributed by atoms with van der Waals surface area (Å²) in [6.07, 6.45) is 3.86. The van der Waals surface area contributed by atoms with Crippen LogP contribution >= 0.6 is 0 Å². The van der Waals surface area contributed by atoms with E-state index in [-0.39, 0.29) is 25.0 Å². The maximum Gasteiger partial charge on any atom is 0.303 e. The molecule has 2 rings (SSSR count). The average Bonchev–Trinajstić information content (AvgIpc) is 2.69. The lowest BCUT2D eigenvalue weighted by Crippen LogP contribution is -2.37. The van der Waals surface area contributed by atoms with Gasteiger partial charge in [0.1, 0.15) is 12.4 Å². The average molecular weight is 399 g/mol. The number of nitrogens with one attached hydrogen (secondary N) is 1. The Hall–Kier alpha value is -2.86. The number of rotatable bonds is 12. The number of carboxylic acids is 1. The van der Waals surface area contributed by atoms with Gasteiger partial charge in [-0.05, 0) is 37.6 Å². The predicted octanol–water partition coefficient (Wildman–Crippen LogP) is 3.94. The third kappa shape index (κ3) is 7.58. The second-order valence-corrected chi connectivity index (χ2v) is 6.96. The highest BCUT2D eigenvalue weighted by Gasteiger charge is 2.14. The van der Waals surface area contributed by atoms with E-state index in [1.807, 2.05) is 55.5 Å². The van der Waals surface area contributed by atoms with Gasteiger partial charge in [0.15, 0.2) is 0 Å². The lowest BCUT2D eigenvalue weighted by Gasteiger charge is -2.16. The number of hydrogen-bond donors (Lipinski definition) is 2. The van der Waals surface area contributed by atoms with Crippen LogP contribution in [-0.2, 0) is 14.3 Å². The first-order valence-corrected chi connectivity index (χ1v) is 9.82. The highest BCUT2D eigenvalue weighted by Crippen LogP contribution is 2.25. The van der Waals surface area contributed by atoms with Crippen LogP contribution in [0.2, 0.25) is 0 Å². The number of methoxy groups -OCH3 is 1. The fourth-order valence-corrected chi connectivity index (χ4v) is 3.00. The first-order chi connectivity index (χ1) is 14.0. The fourth-order valence-electron chi connectivity index (χ4n) is 3.00. The zero-order valence-corrected chi connectivity index (χ0v) is 17.0. The zero-order valence-electron chi connectivity index (χ0n) is 17.0. The Kier molecular flexibility index (Phi) is 9.18. The van der Waals surface area contributed by atoms with Crippen LogP contribution in [0.15, 0.2) is 54.1 Å². The summed E-state index contributed by atoms with van der Waals surface area (Å²) in [5.74, 6) is -0.287. The van der Waals surface area contributed by atoms with Gasteiger partial charge in [0, 0.05) is 25.0 Å².